The minimum absolute atomic E-state index is 0.607. The molecule has 0 saturated carbocycles. The normalized spacial score (nSPS) is 10.4. The summed E-state index contributed by atoms with van der Waals surface area (Å²) in [4.78, 5) is 4.19. The van der Waals surface area contributed by atoms with Crippen LogP contribution in [0.15, 0.2) is 40.2 Å². The Balaban J connectivity index is 1.71. The lowest BCUT2D eigenvalue weighted by atomic mass is 10.3. The van der Waals surface area contributed by atoms with Gasteiger partial charge in [0.05, 0.1) is 12.3 Å². The van der Waals surface area contributed by atoms with E-state index in [9.17, 15) is 0 Å². The molecule has 2 aromatic rings. The molecule has 0 saturated heterocycles. The molecule has 4 nitrogen and oxygen atoms in total. The average Bonchev–Trinajstić information content (AvgIpc) is 2.73. The number of benzene rings is 1. The van der Waals surface area contributed by atoms with Gasteiger partial charge in [-0.25, -0.2) is 4.98 Å². The first-order valence-corrected chi connectivity index (χ1v) is 6.26. The summed E-state index contributed by atoms with van der Waals surface area (Å²) in [6, 6.07) is 7.35. The molecule has 5 heteroatoms. The van der Waals surface area contributed by atoms with Gasteiger partial charge < -0.3 is 14.9 Å². The number of anilines is 1. The van der Waals surface area contributed by atoms with Crippen molar-refractivity contribution in [2.75, 3.05) is 18.1 Å². The molecule has 90 valence electrons. The van der Waals surface area contributed by atoms with Crippen molar-refractivity contribution < 1.29 is 9.15 Å². The molecular weight excluding hydrogens is 236 g/mol. The second kappa shape index (κ2) is 5.63. The van der Waals surface area contributed by atoms with Crippen LogP contribution >= 0.6 is 11.8 Å². The highest BCUT2D eigenvalue weighted by molar-refractivity contribution is 7.99. The number of aromatic nitrogens is 1. The Hall–Kier alpha value is -1.62. The molecule has 1 aromatic heterocycles. The summed E-state index contributed by atoms with van der Waals surface area (Å²) in [5.74, 6) is 1.62. The average molecular weight is 250 g/mol. The van der Waals surface area contributed by atoms with Crippen LogP contribution in [0.4, 0.5) is 5.69 Å². The van der Waals surface area contributed by atoms with Gasteiger partial charge in [-0.2, -0.15) is 0 Å². The van der Waals surface area contributed by atoms with Crippen molar-refractivity contribution in [3.63, 3.8) is 0 Å². The second-order valence-electron chi connectivity index (χ2n) is 3.52. The molecule has 0 aliphatic rings. The first-order chi connectivity index (χ1) is 8.24. The molecule has 1 heterocycles. The zero-order chi connectivity index (χ0) is 12.1. The van der Waals surface area contributed by atoms with Gasteiger partial charge in [-0.05, 0) is 31.2 Å². The summed E-state index contributed by atoms with van der Waals surface area (Å²) in [5, 5.41) is 0.684. The quantitative estimate of drug-likeness (QED) is 0.502. The van der Waals surface area contributed by atoms with Crippen LogP contribution in [0.2, 0.25) is 0 Å². The predicted octanol–water partition coefficient (Wildman–Crippen LogP) is 2.74. The van der Waals surface area contributed by atoms with Gasteiger partial charge in [0.25, 0.3) is 5.22 Å². The molecule has 0 unspecified atom stereocenters. The Kier molecular flexibility index (Phi) is 3.93. The van der Waals surface area contributed by atoms with Gasteiger partial charge in [-0.1, -0.05) is 11.8 Å². The van der Waals surface area contributed by atoms with E-state index >= 15 is 0 Å². The SMILES string of the molecule is Cc1coc(SCCOc2ccc(N)cc2)n1. The highest BCUT2D eigenvalue weighted by Crippen LogP contribution is 2.17. The summed E-state index contributed by atoms with van der Waals surface area (Å²) in [7, 11) is 0. The molecule has 0 aliphatic carbocycles. The van der Waals surface area contributed by atoms with E-state index in [0.29, 0.717) is 11.8 Å². The van der Waals surface area contributed by atoms with Gasteiger partial charge >= 0.3 is 0 Å². The van der Waals surface area contributed by atoms with Crippen molar-refractivity contribution in [2.45, 2.75) is 12.1 Å². The molecule has 0 fully saturated rings. The van der Waals surface area contributed by atoms with E-state index in [2.05, 4.69) is 4.98 Å². The van der Waals surface area contributed by atoms with Crippen LogP contribution < -0.4 is 10.5 Å². The molecule has 0 amide bonds. The number of hydrogen-bond acceptors (Lipinski definition) is 5. The number of ether oxygens (including phenoxy) is 1. The van der Waals surface area contributed by atoms with Crippen molar-refractivity contribution in [2.24, 2.45) is 0 Å². The first-order valence-electron chi connectivity index (χ1n) is 5.27. The fourth-order valence-electron chi connectivity index (χ4n) is 1.25. The lowest BCUT2D eigenvalue weighted by Gasteiger charge is -2.04. The first kappa shape index (κ1) is 11.9. The number of thioether (sulfide) groups is 1. The van der Waals surface area contributed by atoms with Gasteiger partial charge in [0.1, 0.15) is 12.0 Å². The molecule has 1 aromatic carbocycles. The number of rotatable bonds is 5. The Bertz CT molecular complexity index is 468. The minimum Gasteiger partial charge on any atom is -0.493 e. The number of nitrogen functional groups attached to an aromatic ring is 1. The van der Waals surface area contributed by atoms with Crippen LogP contribution in [-0.2, 0) is 0 Å². The monoisotopic (exact) mass is 250 g/mol. The summed E-state index contributed by atoms with van der Waals surface area (Å²) < 4.78 is 10.8. The summed E-state index contributed by atoms with van der Waals surface area (Å²) >= 11 is 1.54. The molecule has 0 atom stereocenters. The van der Waals surface area contributed by atoms with Crippen molar-refractivity contribution >= 4 is 17.4 Å². The number of nitrogens with two attached hydrogens (primary N) is 1. The summed E-state index contributed by atoms with van der Waals surface area (Å²) in [5.41, 5.74) is 7.21. The highest BCUT2D eigenvalue weighted by Gasteiger charge is 2.01. The van der Waals surface area contributed by atoms with E-state index in [-0.39, 0.29) is 0 Å². The fraction of sp³-hybridized carbons (Fsp3) is 0.250. The standard InChI is InChI=1S/C12H14N2O2S/c1-9-8-16-12(14-9)17-7-6-15-11-4-2-10(13)3-5-11/h2-5,8H,6-7,13H2,1H3. The predicted molar refractivity (Wildman–Crippen MR) is 68.3 cm³/mol. The van der Waals surface area contributed by atoms with E-state index in [1.807, 2.05) is 31.2 Å². The second-order valence-corrected chi connectivity index (χ2v) is 4.57. The van der Waals surface area contributed by atoms with Gasteiger partial charge in [-0.15, -0.1) is 0 Å². The summed E-state index contributed by atoms with van der Waals surface area (Å²) in [6.07, 6.45) is 1.64. The van der Waals surface area contributed by atoms with Gasteiger partial charge in [-0.3, -0.25) is 0 Å². The number of nitrogens with zero attached hydrogens (tertiary/aromatic N) is 1. The third-order valence-electron chi connectivity index (χ3n) is 2.06. The third-order valence-corrected chi connectivity index (χ3v) is 2.86. The maximum Gasteiger partial charge on any atom is 0.255 e. The Morgan fingerprint density at radius 1 is 1.35 bits per heavy atom. The molecule has 2 rings (SSSR count). The fourth-order valence-corrected chi connectivity index (χ4v) is 1.92. The van der Waals surface area contributed by atoms with Crippen molar-refractivity contribution in [1.29, 1.82) is 0 Å². The van der Waals surface area contributed by atoms with Crippen LogP contribution in [0.5, 0.6) is 5.75 Å². The maximum atomic E-state index is 5.58. The summed E-state index contributed by atoms with van der Waals surface area (Å²) in [6.45, 7) is 2.51. The van der Waals surface area contributed by atoms with E-state index in [1.165, 1.54) is 11.8 Å². The molecule has 0 bridgehead atoms. The smallest absolute Gasteiger partial charge is 0.255 e. The zero-order valence-corrected chi connectivity index (χ0v) is 10.4. The minimum atomic E-state index is 0.607. The Morgan fingerprint density at radius 2 is 2.12 bits per heavy atom. The van der Waals surface area contributed by atoms with Crippen LogP contribution in [0.1, 0.15) is 5.69 Å². The van der Waals surface area contributed by atoms with Gasteiger partial charge in [0.15, 0.2) is 0 Å². The molecule has 17 heavy (non-hydrogen) atoms. The zero-order valence-electron chi connectivity index (χ0n) is 9.55. The maximum absolute atomic E-state index is 5.58. The van der Waals surface area contributed by atoms with E-state index in [4.69, 9.17) is 14.9 Å². The highest BCUT2D eigenvalue weighted by atomic mass is 32.2. The van der Waals surface area contributed by atoms with Crippen molar-refractivity contribution in [3.8, 4) is 5.75 Å². The van der Waals surface area contributed by atoms with Crippen molar-refractivity contribution in [3.05, 3.63) is 36.2 Å². The van der Waals surface area contributed by atoms with Crippen LogP contribution in [0, 0.1) is 6.92 Å². The van der Waals surface area contributed by atoms with E-state index in [0.717, 1.165) is 22.9 Å². The van der Waals surface area contributed by atoms with E-state index in [1.54, 1.807) is 6.26 Å². The lowest BCUT2D eigenvalue weighted by Crippen LogP contribution is -2.00. The lowest BCUT2D eigenvalue weighted by molar-refractivity contribution is 0.343. The van der Waals surface area contributed by atoms with E-state index < -0.39 is 0 Å². The van der Waals surface area contributed by atoms with Gasteiger partial charge in [0, 0.05) is 11.4 Å². The molecule has 0 radical (unpaired) electrons. The number of hydrogen-bond donors (Lipinski definition) is 1. The molecule has 0 aliphatic heterocycles. The topological polar surface area (TPSA) is 61.3 Å². The molecule has 2 N–H and O–H groups in total. The molecule has 0 spiro atoms. The Labute approximate surface area is 104 Å². The van der Waals surface area contributed by atoms with Crippen molar-refractivity contribution in [1.82, 2.24) is 4.98 Å². The van der Waals surface area contributed by atoms with Crippen LogP contribution in [0.25, 0.3) is 0 Å². The molecular formula is C12H14N2O2S. The van der Waals surface area contributed by atoms with Crippen LogP contribution in [-0.4, -0.2) is 17.3 Å². The van der Waals surface area contributed by atoms with Crippen LogP contribution in [0.3, 0.4) is 0 Å². The number of oxazole rings is 1. The van der Waals surface area contributed by atoms with Gasteiger partial charge in [0.2, 0.25) is 0 Å². The number of aryl methyl sites for hydroxylation is 1. The largest absolute Gasteiger partial charge is 0.493 e. The third kappa shape index (κ3) is 3.71. The Morgan fingerprint density at radius 3 is 2.76 bits per heavy atom.